The van der Waals surface area contributed by atoms with Crippen LogP contribution in [0.3, 0.4) is 0 Å². The largest absolute Gasteiger partial charge is 0.383 e. The maximum absolute atomic E-state index is 5.87. The molecule has 0 amide bonds. The van der Waals surface area contributed by atoms with Gasteiger partial charge in [0.05, 0.1) is 25.4 Å². The summed E-state index contributed by atoms with van der Waals surface area (Å²) in [5.41, 5.74) is 0. The SMILES string of the molecule is CCCNC(COC)COC1CCCC1. The van der Waals surface area contributed by atoms with Crippen LogP contribution in [-0.4, -0.2) is 39.0 Å². The number of nitrogens with one attached hydrogen (secondary N) is 1. The van der Waals surface area contributed by atoms with Crippen LogP contribution in [0.15, 0.2) is 0 Å². The van der Waals surface area contributed by atoms with Crippen molar-refractivity contribution in [3.8, 4) is 0 Å². The minimum absolute atomic E-state index is 0.357. The summed E-state index contributed by atoms with van der Waals surface area (Å²) in [7, 11) is 1.75. The lowest BCUT2D eigenvalue weighted by Gasteiger charge is -2.20. The van der Waals surface area contributed by atoms with Crippen molar-refractivity contribution in [2.75, 3.05) is 26.9 Å². The lowest BCUT2D eigenvalue weighted by molar-refractivity contribution is 0.0249. The molecule has 0 radical (unpaired) electrons. The summed E-state index contributed by atoms with van der Waals surface area (Å²) in [6.07, 6.45) is 6.82. The summed E-state index contributed by atoms with van der Waals surface area (Å²) in [6.45, 7) is 4.75. The zero-order valence-corrected chi connectivity index (χ0v) is 10.1. The Hall–Kier alpha value is -0.120. The molecule has 1 N–H and O–H groups in total. The first-order valence-corrected chi connectivity index (χ1v) is 6.20. The average molecular weight is 215 g/mol. The Labute approximate surface area is 93.5 Å². The standard InChI is InChI=1S/C12H25NO2/c1-3-8-13-11(9-14-2)10-15-12-6-4-5-7-12/h11-13H,3-10H2,1-2H3. The third kappa shape index (κ3) is 5.50. The van der Waals surface area contributed by atoms with Crippen LogP contribution >= 0.6 is 0 Å². The van der Waals surface area contributed by atoms with Crippen LogP contribution in [-0.2, 0) is 9.47 Å². The van der Waals surface area contributed by atoms with E-state index in [0.717, 1.165) is 26.2 Å². The lowest BCUT2D eigenvalue weighted by atomic mass is 10.3. The predicted octanol–water partition coefficient (Wildman–Crippen LogP) is 1.96. The van der Waals surface area contributed by atoms with Gasteiger partial charge in [-0.05, 0) is 25.8 Å². The number of methoxy groups -OCH3 is 1. The van der Waals surface area contributed by atoms with Crippen LogP contribution in [0.2, 0.25) is 0 Å². The molecule has 0 bridgehead atoms. The third-order valence-corrected chi connectivity index (χ3v) is 2.89. The van der Waals surface area contributed by atoms with Crippen LogP contribution in [0.25, 0.3) is 0 Å². The zero-order chi connectivity index (χ0) is 10.9. The fourth-order valence-corrected chi connectivity index (χ4v) is 2.02. The Bertz CT molecular complexity index is 147. The van der Waals surface area contributed by atoms with E-state index in [1.807, 2.05) is 0 Å². The highest BCUT2D eigenvalue weighted by atomic mass is 16.5. The molecule has 0 spiro atoms. The molecule has 0 saturated heterocycles. The molecule has 1 aliphatic rings. The third-order valence-electron chi connectivity index (χ3n) is 2.89. The van der Waals surface area contributed by atoms with E-state index in [1.165, 1.54) is 25.7 Å². The van der Waals surface area contributed by atoms with Crippen molar-refractivity contribution in [1.29, 1.82) is 0 Å². The van der Waals surface area contributed by atoms with Crippen molar-refractivity contribution < 1.29 is 9.47 Å². The molecule has 1 rings (SSSR count). The highest BCUT2D eigenvalue weighted by molar-refractivity contribution is 4.70. The first kappa shape index (κ1) is 12.9. The molecule has 0 heterocycles. The van der Waals surface area contributed by atoms with Gasteiger partial charge in [0.15, 0.2) is 0 Å². The van der Waals surface area contributed by atoms with Crippen molar-refractivity contribution in [3.63, 3.8) is 0 Å². The fourth-order valence-electron chi connectivity index (χ4n) is 2.02. The quantitative estimate of drug-likeness (QED) is 0.671. The van der Waals surface area contributed by atoms with E-state index >= 15 is 0 Å². The molecule has 0 aromatic rings. The number of hydrogen-bond acceptors (Lipinski definition) is 3. The van der Waals surface area contributed by atoms with Gasteiger partial charge in [-0.3, -0.25) is 0 Å². The molecule has 90 valence electrons. The normalized spacial score (nSPS) is 19.6. The molecule has 15 heavy (non-hydrogen) atoms. The molecule has 3 nitrogen and oxygen atoms in total. The van der Waals surface area contributed by atoms with E-state index < -0.39 is 0 Å². The zero-order valence-electron chi connectivity index (χ0n) is 10.1. The molecule has 1 saturated carbocycles. The van der Waals surface area contributed by atoms with Gasteiger partial charge < -0.3 is 14.8 Å². The van der Waals surface area contributed by atoms with Gasteiger partial charge in [-0.2, -0.15) is 0 Å². The molecule has 1 aliphatic carbocycles. The molecular formula is C12H25NO2. The van der Waals surface area contributed by atoms with Crippen molar-refractivity contribution in [3.05, 3.63) is 0 Å². The second-order valence-corrected chi connectivity index (χ2v) is 4.35. The Balaban J connectivity index is 2.11. The van der Waals surface area contributed by atoms with Crippen LogP contribution in [0.4, 0.5) is 0 Å². The summed E-state index contributed by atoms with van der Waals surface area (Å²) < 4.78 is 11.0. The van der Waals surface area contributed by atoms with Gasteiger partial charge in [0, 0.05) is 7.11 Å². The van der Waals surface area contributed by atoms with Gasteiger partial charge in [-0.1, -0.05) is 19.8 Å². The summed E-state index contributed by atoms with van der Waals surface area (Å²) >= 11 is 0. The number of hydrogen-bond donors (Lipinski definition) is 1. The van der Waals surface area contributed by atoms with Crippen LogP contribution < -0.4 is 5.32 Å². The summed E-state index contributed by atoms with van der Waals surface area (Å²) in [6, 6.07) is 0.357. The first-order valence-electron chi connectivity index (χ1n) is 6.20. The van der Waals surface area contributed by atoms with E-state index in [1.54, 1.807) is 7.11 Å². The Morgan fingerprint density at radius 1 is 1.27 bits per heavy atom. The summed E-state index contributed by atoms with van der Waals surface area (Å²) in [4.78, 5) is 0. The molecule has 0 aromatic carbocycles. The molecule has 1 unspecified atom stereocenters. The smallest absolute Gasteiger partial charge is 0.0645 e. The van der Waals surface area contributed by atoms with E-state index in [-0.39, 0.29) is 0 Å². The monoisotopic (exact) mass is 215 g/mol. The van der Waals surface area contributed by atoms with E-state index in [0.29, 0.717) is 12.1 Å². The Morgan fingerprint density at radius 3 is 2.60 bits per heavy atom. The highest BCUT2D eigenvalue weighted by Gasteiger charge is 2.17. The second kappa shape index (κ2) is 8.08. The maximum Gasteiger partial charge on any atom is 0.0645 e. The topological polar surface area (TPSA) is 30.5 Å². The Kier molecular flexibility index (Phi) is 6.98. The van der Waals surface area contributed by atoms with Crippen LogP contribution in [0.1, 0.15) is 39.0 Å². The minimum atomic E-state index is 0.357. The average Bonchev–Trinajstić information content (AvgIpc) is 2.75. The van der Waals surface area contributed by atoms with Gasteiger partial charge in [-0.25, -0.2) is 0 Å². The van der Waals surface area contributed by atoms with Crippen molar-refractivity contribution in [2.45, 2.75) is 51.2 Å². The second-order valence-electron chi connectivity index (χ2n) is 4.35. The van der Waals surface area contributed by atoms with Crippen molar-refractivity contribution in [2.24, 2.45) is 0 Å². The van der Waals surface area contributed by atoms with E-state index in [2.05, 4.69) is 12.2 Å². The van der Waals surface area contributed by atoms with E-state index in [9.17, 15) is 0 Å². The van der Waals surface area contributed by atoms with Gasteiger partial charge in [0.2, 0.25) is 0 Å². The highest BCUT2D eigenvalue weighted by Crippen LogP contribution is 2.20. The Morgan fingerprint density at radius 2 is 2.00 bits per heavy atom. The maximum atomic E-state index is 5.87. The van der Waals surface area contributed by atoms with Gasteiger partial charge in [0.25, 0.3) is 0 Å². The molecule has 1 atom stereocenters. The molecular weight excluding hydrogens is 190 g/mol. The minimum Gasteiger partial charge on any atom is -0.383 e. The number of ether oxygens (including phenoxy) is 2. The molecule has 3 heteroatoms. The van der Waals surface area contributed by atoms with Gasteiger partial charge in [-0.15, -0.1) is 0 Å². The molecule has 0 aliphatic heterocycles. The van der Waals surface area contributed by atoms with Crippen molar-refractivity contribution >= 4 is 0 Å². The molecule has 0 aromatic heterocycles. The van der Waals surface area contributed by atoms with Gasteiger partial charge in [0.1, 0.15) is 0 Å². The van der Waals surface area contributed by atoms with Crippen LogP contribution in [0.5, 0.6) is 0 Å². The van der Waals surface area contributed by atoms with Crippen LogP contribution in [0, 0.1) is 0 Å². The first-order chi connectivity index (χ1) is 7.36. The van der Waals surface area contributed by atoms with E-state index in [4.69, 9.17) is 9.47 Å². The predicted molar refractivity (Wildman–Crippen MR) is 62.2 cm³/mol. The lowest BCUT2D eigenvalue weighted by Crippen LogP contribution is -2.38. The summed E-state index contributed by atoms with van der Waals surface area (Å²) in [5, 5.41) is 3.44. The summed E-state index contributed by atoms with van der Waals surface area (Å²) in [5.74, 6) is 0. The van der Waals surface area contributed by atoms with Gasteiger partial charge >= 0.3 is 0 Å². The molecule has 1 fully saturated rings. The van der Waals surface area contributed by atoms with Crippen molar-refractivity contribution in [1.82, 2.24) is 5.32 Å². The number of rotatable bonds is 8. The fraction of sp³-hybridized carbons (Fsp3) is 1.00.